The van der Waals surface area contributed by atoms with E-state index in [1.807, 2.05) is 0 Å². The molecular weight excluding hydrogens is 246 g/mol. The molecule has 1 heterocycles. The third-order valence-electron chi connectivity index (χ3n) is 3.61. The molecule has 1 aliphatic heterocycles. The van der Waals surface area contributed by atoms with E-state index >= 15 is 0 Å². The van der Waals surface area contributed by atoms with E-state index in [2.05, 4.69) is 37.4 Å². The zero-order chi connectivity index (χ0) is 12.3. The van der Waals surface area contributed by atoms with Crippen LogP contribution in [0.5, 0.6) is 5.75 Å². The van der Waals surface area contributed by atoms with Crippen molar-refractivity contribution in [1.29, 1.82) is 0 Å². The average molecular weight is 270 g/mol. The molecule has 1 aromatic carbocycles. The Morgan fingerprint density at radius 3 is 2.61 bits per heavy atom. The van der Waals surface area contributed by atoms with Crippen LogP contribution in [-0.2, 0) is 0 Å². The van der Waals surface area contributed by atoms with Crippen molar-refractivity contribution in [3.8, 4) is 5.75 Å². The van der Waals surface area contributed by atoms with Gasteiger partial charge in [0, 0.05) is 11.6 Å². The van der Waals surface area contributed by atoms with Gasteiger partial charge in [0.2, 0.25) is 0 Å². The highest BCUT2D eigenvalue weighted by Gasteiger charge is 2.19. The summed E-state index contributed by atoms with van der Waals surface area (Å²) in [5, 5.41) is 3.60. The van der Waals surface area contributed by atoms with Crippen LogP contribution in [0.15, 0.2) is 18.2 Å². The van der Waals surface area contributed by atoms with Gasteiger partial charge in [-0.2, -0.15) is 0 Å². The third-order valence-corrected chi connectivity index (χ3v) is 3.61. The molecule has 102 valence electrons. The van der Waals surface area contributed by atoms with Gasteiger partial charge in [-0.25, -0.2) is 0 Å². The minimum Gasteiger partial charge on any atom is -0.496 e. The number of nitrogens with one attached hydrogen (secondary N) is 1. The lowest BCUT2D eigenvalue weighted by atomic mass is 9.92. The average Bonchev–Trinajstić information content (AvgIpc) is 2.39. The molecule has 2 nitrogen and oxygen atoms in total. The molecule has 1 N–H and O–H groups in total. The van der Waals surface area contributed by atoms with E-state index in [0.29, 0.717) is 12.0 Å². The van der Waals surface area contributed by atoms with E-state index in [4.69, 9.17) is 4.74 Å². The largest absolute Gasteiger partial charge is 0.496 e. The van der Waals surface area contributed by atoms with E-state index in [0.717, 1.165) is 12.3 Å². The number of ether oxygens (including phenoxy) is 1. The van der Waals surface area contributed by atoms with Gasteiger partial charge in [0.25, 0.3) is 0 Å². The minimum atomic E-state index is 0. The van der Waals surface area contributed by atoms with Crippen molar-refractivity contribution in [2.75, 3.05) is 13.7 Å². The number of piperidine rings is 1. The number of benzene rings is 1. The van der Waals surface area contributed by atoms with E-state index in [1.165, 1.54) is 30.4 Å². The summed E-state index contributed by atoms with van der Waals surface area (Å²) < 4.78 is 5.49. The van der Waals surface area contributed by atoms with Gasteiger partial charge in [0.15, 0.2) is 0 Å². The first kappa shape index (κ1) is 15.3. The monoisotopic (exact) mass is 269 g/mol. The first-order valence-corrected chi connectivity index (χ1v) is 6.63. The zero-order valence-corrected chi connectivity index (χ0v) is 12.3. The molecule has 1 aromatic rings. The van der Waals surface area contributed by atoms with Gasteiger partial charge in [-0.1, -0.05) is 32.4 Å². The number of hydrogen-bond acceptors (Lipinski definition) is 2. The Bertz CT molecular complexity index is 373. The summed E-state index contributed by atoms with van der Waals surface area (Å²) in [5.41, 5.74) is 2.73. The molecule has 0 unspecified atom stereocenters. The maximum absolute atomic E-state index is 5.49. The Hall–Kier alpha value is -0.730. The lowest BCUT2D eigenvalue weighted by Gasteiger charge is -2.26. The standard InChI is InChI=1S/C15H23NO.ClH/c1-11(2)12-7-8-15(17-3)13(10-12)14-6-4-5-9-16-14;/h7-8,10-11,14,16H,4-6,9H2,1-3H3;1H/t14-;/m0./s1. The van der Waals surface area contributed by atoms with E-state index in [1.54, 1.807) is 7.11 Å². The minimum absolute atomic E-state index is 0. The Kier molecular flexibility index (Phi) is 5.97. The van der Waals surface area contributed by atoms with Crippen molar-refractivity contribution in [3.63, 3.8) is 0 Å². The molecular formula is C15H24ClNO. The Morgan fingerprint density at radius 2 is 2.06 bits per heavy atom. The Labute approximate surface area is 117 Å². The second kappa shape index (κ2) is 7.01. The summed E-state index contributed by atoms with van der Waals surface area (Å²) >= 11 is 0. The summed E-state index contributed by atoms with van der Waals surface area (Å²) in [7, 11) is 1.76. The summed E-state index contributed by atoms with van der Waals surface area (Å²) in [4.78, 5) is 0. The molecule has 1 fully saturated rings. The van der Waals surface area contributed by atoms with Crippen LogP contribution in [0.3, 0.4) is 0 Å². The summed E-state index contributed by atoms with van der Waals surface area (Å²) in [6.07, 6.45) is 3.83. The van der Waals surface area contributed by atoms with Crippen LogP contribution in [-0.4, -0.2) is 13.7 Å². The number of halogens is 1. The fraction of sp³-hybridized carbons (Fsp3) is 0.600. The predicted molar refractivity (Wildman–Crippen MR) is 78.9 cm³/mol. The van der Waals surface area contributed by atoms with Gasteiger partial charge >= 0.3 is 0 Å². The van der Waals surface area contributed by atoms with Gasteiger partial charge in [0.1, 0.15) is 5.75 Å². The lowest BCUT2D eigenvalue weighted by Crippen LogP contribution is -2.27. The second-order valence-electron chi connectivity index (χ2n) is 5.16. The number of methoxy groups -OCH3 is 1. The van der Waals surface area contributed by atoms with Crippen molar-refractivity contribution in [3.05, 3.63) is 29.3 Å². The molecule has 1 saturated heterocycles. The fourth-order valence-electron chi connectivity index (χ4n) is 2.50. The maximum atomic E-state index is 5.49. The van der Waals surface area contributed by atoms with Crippen molar-refractivity contribution in [1.82, 2.24) is 5.32 Å². The van der Waals surface area contributed by atoms with Crippen molar-refractivity contribution in [2.24, 2.45) is 0 Å². The zero-order valence-electron chi connectivity index (χ0n) is 11.5. The lowest BCUT2D eigenvalue weighted by molar-refractivity contribution is 0.373. The molecule has 0 aliphatic carbocycles. The van der Waals surface area contributed by atoms with Crippen LogP contribution in [0.4, 0.5) is 0 Å². The van der Waals surface area contributed by atoms with Gasteiger partial charge in [0.05, 0.1) is 7.11 Å². The fourth-order valence-corrected chi connectivity index (χ4v) is 2.50. The first-order valence-electron chi connectivity index (χ1n) is 6.63. The first-order chi connectivity index (χ1) is 8.22. The van der Waals surface area contributed by atoms with Crippen LogP contribution in [0.25, 0.3) is 0 Å². The summed E-state index contributed by atoms with van der Waals surface area (Å²) in [6, 6.07) is 7.07. The van der Waals surface area contributed by atoms with E-state index in [-0.39, 0.29) is 12.4 Å². The van der Waals surface area contributed by atoms with E-state index < -0.39 is 0 Å². The van der Waals surface area contributed by atoms with E-state index in [9.17, 15) is 0 Å². The van der Waals surface area contributed by atoms with Gasteiger partial charge in [-0.15, -0.1) is 12.4 Å². The Morgan fingerprint density at radius 1 is 1.28 bits per heavy atom. The van der Waals surface area contributed by atoms with Gasteiger partial charge in [-0.05, 0) is 36.9 Å². The van der Waals surface area contributed by atoms with Crippen LogP contribution in [0.1, 0.15) is 56.2 Å². The maximum Gasteiger partial charge on any atom is 0.123 e. The molecule has 0 spiro atoms. The van der Waals surface area contributed by atoms with Crippen molar-refractivity contribution >= 4 is 12.4 Å². The number of rotatable bonds is 3. The van der Waals surface area contributed by atoms with Crippen molar-refractivity contribution < 1.29 is 4.74 Å². The van der Waals surface area contributed by atoms with Crippen LogP contribution in [0, 0.1) is 0 Å². The normalized spacial score (nSPS) is 19.4. The molecule has 0 amide bonds. The van der Waals surface area contributed by atoms with Crippen molar-refractivity contribution in [2.45, 2.75) is 45.1 Å². The molecule has 1 aliphatic rings. The summed E-state index contributed by atoms with van der Waals surface area (Å²) in [6.45, 7) is 5.60. The van der Waals surface area contributed by atoms with Gasteiger partial charge in [-0.3, -0.25) is 0 Å². The highest BCUT2D eigenvalue weighted by atomic mass is 35.5. The van der Waals surface area contributed by atoms with Crippen LogP contribution < -0.4 is 10.1 Å². The quantitative estimate of drug-likeness (QED) is 0.894. The van der Waals surface area contributed by atoms with Gasteiger partial charge < -0.3 is 10.1 Å². The topological polar surface area (TPSA) is 21.3 Å². The third kappa shape index (κ3) is 3.39. The molecule has 0 aromatic heterocycles. The molecule has 0 saturated carbocycles. The molecule has 2 rings (SSSR count). The molecule has 3 heteroatoms. The van der Waals surface area contributed by atoms with Crippen LogP contribution >= 0.6 is 12.4 Å². The predicted octanol–water partition coefficient (Wildman–Crippen LogP) is 4.06. The molecule has 0 radical (unpaired) electrons. The van der Waals surface area contributed by atoms with Crippen LogP contribution in [0.2, 0.25) is 0 Å². The molecule has 1 atom stereocenters. The molecule has 18 heavy (non-hydrogen) atoms. The number of hydrogen-bond donors (Lipinski definition) is 1. The SMILES string of the molecule is COc1ccc(C(C)C)cc1[C@@H]1CCCCN1.Cl. The smallest absolute Gasteiger partial charge is 0.123 e. The second-order valence-corrected chi connectivity index (χ2v) is 5.16. The highest BCUT2D eigenvalue weighted by Crippen LogP contribution is 2.32. The Balaban J connectivity index is 0.00000162. The summed E-state index contributed by atoms with van der Waals surface area (Å²) in [5.74, 6) is 1.59. The molecule has 0 bridgehead atoms. The highest BCUT2D eigenvalue weighted by molar-refractivity contribution is 5.85.